The van der Waals surface area contributed by atoms with E-state index in [1.165, 1.54) is 0 Å². The third-order valence-corrected chi connectivity index (χ3v) is 7.27. The van der Waals surface area contributed by atoms with Crippen molar-refractivity contribution in [2.24, 2.45) is 0 Å². The van der Waals surface area contributed by atoms with Gasteiger partial charge in [-0.3, -0.25) is 30.9 Å². The van der Waals surface area contributed by atoms with Gasteiger partial charge in [0.2, 0.25) is 11.8 Å². The highest BCUT2D eigenvalue weighted by atomic mass is 16.6. The molecule has 0 aromatic heterocycles. The minimum absolute atomic E-state index is 0.0184. The number of benzene rings is 2. The lowest BCUT2D eigenvalue weighted by atomic mass is 9.89. The fourth-order valence-corrected chi connectivity index (χ4v) is 5.17. The van der Waals surface area contributed by atoms with Gasteiger partial charge in [0.25, 0.3) is 0 Å². The molecule has 4 atom stereocenters. The van der Waals surface area contributed by atoms with Crippen LogP contribution in [0.2, 0.25) is 0 Å². The molecule has 1 saturated carbocycles. The summed E-state index contributed by atoms with van der Waals surface area (Å²) < 4.78 is 22.5. The van der Waals surface area contributed by atoms with Crippen molar-refractivity contribution >= 4 is 24.0 Å². The number of hydrogen-bond donors (Lipinski definition) is 4. The number of alkyl carbamates (subject to hydrolysis) is 2. The van der Waals surface area contributed by atoms with Crippen molar-refractivity contribution in [3.63, 3.8) is 0 Å². The maximum Gasteiger partial charge on any atom is 0.414 e. The lowest BCUT2D eigenvalue weighted by Gasteiger charge is -2.37. The Bertz CT molecular complexity index is 1210. The normalized spacial score (nSPS) is 17.9. The Morgan fingerprint density at radius 2 is 0.979 bits per heavy atom. The van der Waals surface area contributed by atoms with Gasteiger partial charge in [0, 0.05) is 12.1 Å². The molecule has 0 spiro atoms. The van der Waals surface area contributed by atoms with Crippen LogP contribution >= 0.6 is 0 Å². The number of ether oxygens (including phenoxy) is 4. The quantitative estimate of drug-likeness (QED) is 0.222. The zero-order chi connectivity index (χ0) is 35.2. The van der Waals surface area contributed by atoms with Gasteiger partial charge in [-0.25, -0.2) is 9.59 Å². The first kappa shape index (κ1) is 38.6. The van der Waals surface area contributed by atoms with Crippen molar-refractivity contribution in [1.82, 2.24) is 21.3 Å². The van der Waals surface area contributed by atoms with Crippen LogP contribution in [0.15, 0.2) is 60.7 Å². The average Bonchev–Trinajstić information content (AvgIpc) is 3.00. The van der Waals surface area contributed by atoms with Crippen LogP contribution < -0.4 is 21.3 Å². The van der Waals surface area contributed by atoms with E-state index in [-0.39, 0.29) is 38.5 Å². The van der Waals surface area contributed by atoms with Gasteiger partial charge in [-0.2, -0.15) is 0 Å². The van der Waals surface area contributed by atoms with Gasteiger partial charge in [0.15, 0.2) is 0 Å². The summed E-state index contributed by atoms with van der Waals surface area (Å²) in [4.78, 5) is 51.8. The molecule has 4 amide bonds. The first-order chi connectivity index (χ1) is 22.7. The zero-order valence-electron chi connectivity index (χ0n) is 29.0. The van der Waals surface area contributed by atoms with E-state index in [0.717, 1.165) is 24.0 Å². The lowest BCUT2D eigenvalue weighted by Crippen LogP contribution is -2.62. The lowest BCUT2D eigenvalue weighted by molar-refractivity contribution is -0.126. The van der Waals surface area contributed by atoms with Crippen LogP contribution in [0.3, 0.4) is 0 Å². The highest BCUT2D eigenvalue weighted by Crippen LogP contribution is 2.20. The van der Waals surface area contributed by atoms with E-state index < -0.39 is 47.3 Å². The van der Waals surface area contributed by atoms with Gasteiger partial charge >= 0.3 is 12.2 Å². The standard InChI is InChI=1S/C36H52N4O8/c1-35(2,3)47-33(43)39-31(41)29(23-45-21-25-15-9-7-10-16-25)37-27-19-13-14-20-28(27)38-30(24-46-22-26-17-11-8-12-18-26)32(42)40-34(44)48-36(4,5)6/h7-12,15-18,27-30,37-38H,13-14,19-24H2,1-6H3,(H,39,41,43)(H,40,42,44)/t27-,28-,29+,30+/m1/s1. The van der Waals surface area contributed by atoms with Gasteiger partial charge in [0.05, 0.1) is 26.4 Å². The molecule has 2 aromatic carbocycles. The molecule has 0 saturated heterocycles. The minimum Gasteiger partial charge on any atom is -0.444 e. The van der Waals surface area contributed by atoms with Gasteiger partial charge in [0.1, 0.15) is 23.3 Å². The van der Waals surface area contributed by atoms with E-state index in [9.17, 15) is 19.2 Å². The van der Waals surface area contributed by atoms with E-state index in [4.69, 9.17) is 18.9 Å². The predicted octanol–water partition coefficient (Wildman–Crippen LogP) is 4.75. The molecule has 0 unspecified atom stereocenters. The predicted molar refractivity (Wildman–Crippen MR) is 181 cm³/mol. The molecular weight excluding hydrogens is 616 g/mol. The zero-order valence-corrected chi connectivity index (χ0v) is 29.0. The topological polar surface area (TPSA) is 153 Å². The number of rotatable bonds is 14. The summed E-state index contributed by atoms with van der Waals surface area (Å²) in [5.74, 6) is -1.18. The number of nitrogens with one attached hydrogen (secondary N) is 4. The Labute approximate surface area is 284 Å². The Hall–Kier alpha value is -3.84. The van der Waals surface area contributed by atoms with Crippen LogP contribution in [0.5, 0.6) is 0 Å². The summed E-state index contributed by atoms with van der Waals surface area (Å²) >= 11 is 0. The molecular formula is C36H52N4O8. The molecule has 0 aliphatic heterocycles. The fraction of sp³-hybridized carbons (Fsp3) is 0.556. The van der Waals surface area contributed by atoms with Crippen molar-refractivity contribution in [1.29, 1.82) is 0 Å². The van der Waals surface area contributed by atoms with E-state index in [2.05, 4.69) is 21.3 Å². The van der Waals surface area contributed by atoms with Gasteiger partial charge in [-0.1, -0.05) is 73.5 Å². The molecule has 0 heterocycles. The summed E-state index contributed by atoms with van der Waals surface area (Å²) in [7, 11) is 0. The molecule has 12 heteroatoms. The number of hydrogen-bond acceptors (Lipinski definition) is 10. The van der Waals surface area contributed by atoms with E-state index in [1.807, 2.05) is 60.7 Å². The molecule has 0 radical (unpaired) electrons. The van der Waals surface area contributed by atoms with Crippen LogP contribution in [-0.4, -0.2) is 72.6 Å². The maximum absolute atomic E-state index is 13.4. The summed E-state index contributed by atoms with van der Waals surface area (Å²) in [6.45, 7) is 10.8. The third-order valence-electron chi connectivity index (χ3n) is 7.27. The maximum atomic E-state index is 13.4. The second-order valence-corrected chi connectivity index (χ2v) is 13.9. The molecule has 2 aromatic rings. The second kappa shape index (κ2) is 18.6. The van der Waals surface area contributed by atoms with Gasteiger partial charge in [-0.15, -0.1) is 0 Å². The van der Waals surface area contributed by atoms with Crippen LogP contribution in [0, 0.1) is 0 Å². The molecule has 1 fully saturated rings. The first-order valence-corrected chi connectivity index (χ1v) is 16.5. The van der Waals surface area contributed by atoms with Crippen LogP contribution in [0.25, 0.3) is 0 Å². The molecule has 264 valence electrons. The first-order valence-electron chi connectivity index (χ1n) is 16.5. The highest BCUT2D eigenvalue weighted by Gasteiger charge is 2.34. The van der Waals surface area contributed by atoms with Gasteiger partial charge in [-0.05, 0) is 65.5 Å². The largest absolute Gasteiger partial charge is 0.444 e. The summed E-state index contributed by atoms with van der Waals surface area (Å²) in [6.07, 6.45) is 1.46. The summed E-state index contributed by atoms with van der Waals surface area (Å²) in [5, 5.41) is 11.4. The number of amides is 4. The Kier molecular flexibility index (Phi) is 15.0. The Balaban J connectivity index is 1.74. The minimum atomic E-state index is -0.906. The summed E-state index contributed by atoms with van der Waals surface area (Å²) in [5.41, 5.74) is 0.311. The molecule has 4 N–H and O–H groups in total. The van der Waals surface area contributed by atoms with Crippen molar-refractivity contribution in [2.45, 2.75) is 116 Å². The molecule has 12 nitrogen and oxygen atoms in total. The Morgan fingerprint density at radius 3 is 1.31 bits per heavy atom. The molecule has 48 heavy (non-hydrogen) atoms. The van der Waals surface area contributed by atoms with Crippen LogP contribution in [0.1, 0.15) is 78.4 Å². The van der Waals surface area contributed by atoms with E-state index in [1.54, 1.807) is 41.5 Å². The van der Waals surface area contributed by atoms with Crippen molar-refractivity contribution < 1.29 is 38.1 Å². The molecule has 1 aliphatic rings. The van der Waals surface area contributed by atoms with E-state index >= 15 is 0 Å². The molecule has 3 rings (SSSR count). The molecule has 1 aliphatic carbocycles. The SMILES string of the molecule is CC(C)(C)OC(=O)NC(=O)[C@H](COCc1ccccc1)N[C@@H]1CCCC[C@H]1N[C@@H](COCc1ccccc1)C(=O)NC(=O)OC(C)(C)C. The highest BCUT2D eigenvalue weighted by molar-refractivity contribution is 5.95. The average molecular weight is 669 g/mol. The number of carbonyl (C=O) groups is 4. The molecule has 0 bridgehead atoms. The monoisotopic (exact) mass is 668 g/mol. The van der Waals surface area contributed by atoms with Crippen LogP contribution in [0.4, 0.5) is 9.59 Å². The third kappa shape index (κ3) is 14.9. The van der Waals surface area contributed by atoms with E-state index in [0.29, 0.717) is 12.8 Å². The summed E-state index contributed by atoms with van der Waals surface area (Å²) in [6, 6.07) is 16.8. The van der Waals surface area contributed by atoms with Crippen molar-refractivity contribution in [2.75, 3.05) is 13.2 Å². The van der Waals surface area contributed by atoms with Crippen molar-refractivity contribution in [3.05, 3.63) is 71.8 Å². The fourth-order valence-electron chi connectivity index (χ4n) is 5.17. The van der Waals surface area contributed by atoms with Crippen molar-refractivity contribution in [3.8, 4) is 0 Å². The second-order valence-electron chi connectivity index (χ2n) is 13.9. The number of carbonyl (C=O) groups excluding carboxylic acids is 4. The number of imide groups is 2. The van der Waals surface area contributed by atoms with Gasteiger partial charge < -0.3 is 18.9 Å². The smallest absolute Gasteiger partial charge is 0.414 e. The van der Waals surface area contributed by atoms with Crippen LogP contribution in [-0.2, 0) is 41.8 Å². The Morgan fingerprint density at radius 1 is 0.625 bits per heavy atom.